The van der Waals surface area contributed by atoms with Crippen LogP contribution in [-0.2, 0) is 9.53 Å². The SMILES string of the molecule is CC(=O)OC1=C[C@@](C)(CCC#C[Si](C)(C)C)CCC1. The van der Waals surface area contributed by atoms with Crippen molar-refractivity contribution in [1.82, 2.24) is 0 Å². The lowest BCUT2D eigenvalue weighted by Crippen LogP contribution is -2.19. The van der Waals surface area contributed by atoms with Crippen LogP contribution in [0.1, 0.15) is 46.0 Å². The highest BCUT2D eigenvalue weighted by Crippen LogP contribution is 2.37. The molecule has 0 aromatic rings. The first-order chi connectivity index (χ1) is 8.70. The molecule has 3 heteroatoms. The van der Waals surface area contributed by atoms with Gasteiger partial charge in [-0.1, -0.05) is 26.6 Å². The van der Waals surface area contributed by atoms with Gasteiger partial charge in [-0.15, -0.1) is 11.5 Å². The summed E-state index contributed by atoms with van der Waals surface area (Å²) in [5, 5.41) is 0. The van der Waals surface area contributed by atoms with Crippen LogP contribution in [0.25, 0.3) is 0 Å². The molecule has 0 aliphatic heterocycles. The lowest BCUT2D eigenvalue weighted by Gasteiger charge is -2.30. The third-order valence-electron chi connectivity index (χ3n) is 3.24. The second kappa shape index (κ2) is 6.43. The number of esters is 1. The fourth-order valence-corrected chi connectivity index (χ4v) is 2.99. The summed E-state index contributed by atoms with van der Waals surface area (Å²) in [6.45, 7) is 10.5. The zero-order chi connectivity index (χ0) is 14.5. The third kappa shape index (κ3) is 6.63. The summed E-state index contributed by atoms with van der Waals surface area (Å²) in [5.74, 6) is 3.96. The van der Waals surface area contributed by atoms with Crippen LogP contribution in [0.5, 0.6) is 0 Å². The maximum atomic E-state index is 11.0. The number of rotatable bonds is 3. The molecule has 0 aromatic carbocycles. The van der Waals surface area contributed by atoms with Crippen molar-refractivity contribution in [2.45, 2.75) is 65.6 Å². The van der Waals surface area contributed by atoms with Gasteiger partial charge >= 0.3 is 5.97 Å². The summed E-state index contributed by atoms with van der Waals surface area (Å²) >= 11 is 0. The number of ether oxygens (including phenoxy) is 1. The van der Waals surface area contributed by atoms with Crippen LogP contribution >= 0.6 is 0 Å². The van der Waals surface area contributed by atoms with Gasteiger partial charge in [0.15, 0.2) is 0 Å². The number of carbonyl (C=O) groups is 1. The number of carbonyl (C=O) groups excluding carboxylic acids is 1. The standard InChI is InChI=1S/C16H26O2Si/c1-14(17)18-15-9-8-11-16(2,13-15)10-6-7-12-19(3,4)5/h13H,6,8-11H2,1-5H3/t16-/m0/s1. The van der Waals surface area contributed by atoms with Crippen LogP contribution in [0.4, 0.5) is 0 Å². The molecule has 0 bridgehead atoms. The molecule has 0 heterocycles. The minimum absolute atomic E-state index is 0.136. The Morgan fingerprint density at radius 2 is 2.16 bits per heavy atom. The minimum Gasteiger partial charge on any atom is -0.432 e. The molecule has 0 saturated heterocycles. The average molecular weight is 278 g/mol. The van der Waals surface area contributed by atoms with Gasteiger partial charge in [0.1, 0.15) is 13.8 Å². The first-order valence-electron chi connectivity index (χ1n) is 7.10. The van der Waals surface area contributed by atoms with E-state index in [1.807, 2.05) is 0 Å². The van der Waals surface area contributed by atoms with Crippen LogP contribution in [0.2, 0.25) is 19.6 Å². The molecule has 0 fully saturated rings. The molecular weight excluding hydrogens is 252 g/mol. The second-order valence-corrected chi connectivity index (χ2v) is 11.5. The Bertz CT molecular complexity index is 420. The van der Waals surface area contributed by atoms with Gasteiger partial charge in [0, 0.05) is 19.8 Å². The lowest BCUT2D eigenvalue weighted by molar-refractivity contribution is -0.137. The maximum absolute atomic E-state index is 11.0. The number of allylic oxidation sites excluding steroid dienone is 2. The van der Waals surface area contributed by atoms with Crippen LogP contribution in [-0.4, -0.2) is 14.0 Å². The first kappa shape index (κ1) is 16.0. The van der Waals surface area contributed by atoms with Gasteiger partial charge in [-0.2, -0.15) is 0 Å². The van der Waals surface area contributed by atoms with E-state index in [4.69, 9.17) is 4.74 Å². The van der Waals surface area contributed by atoms with E-state index in [0.717, 1.165) is 37.9 Å². The highest BCUT2D eigenvalue weighted by molar-refractivity contribution is 6.83. The Balaban J connectivity index is 2.59. The van der Waals surface area contributed by atoms with Gasteiger partial charge in [0.05, 0.1) is 0 Å². The number of hydrogen-bond acceptors (Lipinski definition) is 2. The maximum Gasteiger partial charge on any atom is 0.307 e. The van der Waals surface area contributed by atoms with E-state index in [1.165, 1.54) is 6.92 Å². The number of hydrogen-bond donors (Lipinski definition) is 0. The van der Waals surface area contributed by atoms with E-state index in [0.29, 0.717) is 0 Å². The Morgan fingerprint density at radius 3 is 2.74 bits per heavy atom. The molecule has 0 unspecified atom stereocenters. The van der Waals surface area contributed by atoms with E-state index < -0.39 is 8.07 Å². The predicted octanol–water partition coefficient (Wildman–Crippen LogP) is 4.28. The molecule has 1 aliphatic carbocycles. The molecular formula is C16H26O2Si. The van der Waals surface area contributed by atoms with E-state index in [9.17, 15) is 4.79 Å². The van der Waals surface area contributed by atoms with E-state index in [1.54, 1.807) is 0 Å². The zero-order valence-corrected chi connectivity index (χ0v) is 13.9. The topological polar surface area (TPSA) is 26.3 Å². The van der Waals surface area contributed by atoms with Crippen molar-refractivity contribution in [2.24, 2.45) is 5.41 Å². The summed E-state index contributed by atoms with van der Waals surface area (Å²) in [5.41, 5.74) is 3.54. The molecule has 19 heavy (non-hydrogen) atoms. The summed E-state index contributed by atoms with van der Waals surface area (Å²) in [4.78, 5) is 11.0. The van der Waals surface area contributed by atoms with Gasteiger partial charge in [-0.05, 0) is 30.8 Å². The normalized spacial score (nSPS) is 23.1. The van der Waals surface area contributed by atoms with Crippen LogP contribution in [0.3, 0.4) is 0 Å². The van der Waals surface area contributed by atoms with Gasteiger partial charge in [0.25, 0.3) is 0 Å². The predicted molar refractivity (Wildman–Crippen MR) is 82.2 cm³/mol. The molecule has 0 spiro atoms. The third-order valence-corrected chi connectivity index (χ3v) is 4.17. The first-order valence-corrected chi connectivity index (χ1v) is 10.6. The summed E-state index contributed by atoms with van der Waals surface area (Å²) in [6, 6.07) is 0. The molecule has 106 valence electrons. The smallest absolute Gasteiger partial charge is 0.307 e. The largest absolute Gasteiger partial charge is 0.432 e. The van der Waals surface area contributed by atoms with Crippen LogP contribution < -0.4 is 0 Å². The lowest BCUT2D eigenvalue weighted by atomic mass is 9.77. The molecule has 1 rings (SSSR count). The summed E-state index contributed by atoms with van der Waals surface area (Å²) < 4.78 is 5.24. The fraction of sp³-hybridized carbons (Fsp3) is 0.688. The highest BCUT2D eigenvalue weighted by atomic mass is 28.3. The summed E-state index contributed by atoms with van der Waals surface area (Å²) in [7, 11) is -1.25. The van der Waals surface area contributed by atoms with Crippen LogP contribution in [0.15, 0.2) is 11.8 Å². The van der Waals surface area contributed by atoms with Gasteiger partial charge < -0.3 is 4.74 Å². The van der Waals surface area contributed by atoms with Crippen molar-refractivity contribution < 1.29 is 9.53 Å². The minimum atomic E-state index is -1.25. The van der Waals surface area contributed by atoms with Crippen molar-refractivity contribution in [3.8, 4) is 11.5 Å². The van der Waals surface area contributed by atoms with Crippen molar-refractivity contribution in [1.29, 1.82) is 0 Å². The molecule has 2 nitrogen and oxygen atoms in total. The van der Waals surface area contributed by atoms with Crippen molar-refractivity contribution in [2.75, 3.05) is 0 Å². The zero-order valence-electron chi connectivity index (χ0n) is 12.9. The van der Waals surface area contributed by atoms with E-state index in [2.05, 4.69) is 44.1 Å². The Hall–Kier alpha value is -1.01. The molecule has 0 amide bonds. The van der Waals surface area contributed by atoms with Gasteiger partial charge in [0.2, 0.25) is 0 Å². The van der Waals surface area contributed by atoms with E-state index >= 15 is 0 Å². The summed E-state index contributed by atoms with van der Waals surface area (Å²) in [6.07, 6.45) is 7.27. The monoisotopic (exact) mass is 278 g/mol. The average Bonchev–Trinajstić information content (AvgIpc) is 2.22. The highest BCUT2D eigenvalue weighted by Gasteiger charge is 2.26. The van der Waals surface area contributed by atoms with E-state index in [-0.39, 0.29) is 11.4 Å². The molecule has 1 atom stereocenters. The van der Waals surface area contributed by atoms with Gasteiger partial charge in [-0.25, -0.2) is 0 Å². The molecule has 1 aliphatic rings. The van der Waals surface area contributed by atoms with Gasteiger partial charge in [-0.3, -0.25) is 4.79 Å². The Morgan fingerprint density at radius 1 is 1.47 bits per heavy atom. The second-order valence-electron chi connectivity index (χ2n) is 6.76. The van der Waals surface area contributed by atoms with Crippen molar-refractivity contribution in [3.63, 3.8) is 0 Å². The molecule has 0 N–H and O–H groups in total. The molecule has 0 saturated carbocycles. The molecule has 0 radical (unpaired) electrons. The van der Waals surface area contributed by atoms with Crippen molar-refractivity contribution >= 4 is 14.0 Å². The molecule has 0 aromatic heterocycles. The fourth-order valence-electron chi connectivity index (χ4n) is 2.34. The Kier molecular flexibility index (Phi) is 5.43. The van der Waals surface area contributed by atoms with Crippen LogP contribution in [0, 0.1) is 16.9 Å². The van der Waals surface area contributed by atoms with Crippen molar-refractivity contribution in [3.05, 3.63) is 11.8 Å². The quantitative estimate of drug-likeness (QED) is 0.437. The Labute approximate surface area is 118 Å².